The maximum Gasteiger partial charge on any atom is 0.303 e. The third-order valence-corrected chi connectivity index (χ3v) is 9.58. The van der Waals surface area contributed by atoms with E-state index < -0.39 is 11.9 Å². The van der Waals surface area contributed by atoms with Crippen molar-refractivity contribution in [2.45, 2.75) is 76.7 Å². The van der Waals surface area contributed by atoms with Gasteiger partial charge in [0, 0.05) is 49.2 Å². The van der Waals surface area contributed by atoms with Crippen LogP contribution in [0.15, 0.2) is 60.7 Å². The van der Waals surface area contributed by atoms with Crippen LogP contribution in [0.25, 0.3) is 11.1 Å². The fourth-order valence-corrected chi connectivity index (χ4v) is 7.11. The van der Waals surface area contributed by atoms with Gasteiger partial charge in [0.2, 0.25) is 23.5 Å². The average molecular weight is 711 g/mol. The second kappa shape index (κ2) is 17.3. The molecule has 12 nitrogen and oxygen atoms in total. The SMILES string of the molecule is COc1nc(OC2CCc3c(-c4cccc5c4CCC5Oc4ccc(CNCCCC(=O)O)c(OC)n4)cccc32)ccc1CNCCCC(=O)O. The normalized spacial score (nSPS) is 15.9. The summed E-state index contributed by atoms with van der Waals surface area (Å²) in [7, 11) is 3.17. The lowest BCUT2D eigenvalue weighted by Crippen LogP contribution is -2.16. The number of ether oxygens (including phenoxy) is 4. The van der Waals surface area contributed by atoms with Crippen molar-refractivity contribution in [1.29, 1.82) is 0 Å². The van der Waals surface area contributed by atoms with E-state index in [2.05, 4.69) is 57.0 Å². The smallest absolute Gasteiger partial charge is 0.303 e. The third-order valence-electron chi connectivity index (χ3n) is 9.58. The number of hydrogen-bond donors (Lipinski definition) is 4. The van der Waals surface area contributed by atoms with Gasteiger partial charge < -0.3 is 39.8 Å². The summed E-state index contributed by atoms with van der Waals surface area (Å²) in [4.78, 5) is 30.8. The molecule has 0 fully saturated rings. The predicted molar refractivity (Wildman–Crippen MR) is 194 cm³/mol. The molecular formula is C40H46N4O8. The van der Waals surface area contributed by atoms with Crippen LogP contribution in [0.1, 0.15) is 84.1 Å². The van der Waals surface area contributed by atoms with E-state index >= 15 is 0 Å². The van der Waals surface area contributed by atoms with Gasteiger partial charge in [-0.2, -0.15) is 9.97 Å². The van der Waals surface area contributed by atoms with Crippen molar-refractivity contribution in [3.8, 4) is 34.6 Å². The minimum Gasteiger partial charge on any atom is -0.481 e. The summed E-state index contributed by atoms with van der Waals surface area (Å²) in [6.07, 6.45) is 4.55. The van der Waals surface area contributed by atoms with Gasteiger partial charge in [-0.1, -0.05) is 36.4 Å². The molecule has 2 aromatic carbocycles. The molecule has 2 unspecified atom stereocenters. The largest absolute Gasteiger partial charge is 0.481 e. The van der Waals surface area contributed by atoms with Crippen LogP contribution in [0.4, 0.5) is 0 Å². The molecule has 4 aromatic rings. The van der Waals surface area contributed by atoms with E-state index in [0.29, 0.717) is 62.5 Å². The molecule has 12 heteroatoms. The second-order valence-corrected chi connectivity index (χ2v) is 13.0. The van der Waals surface area contributed by atoms with Crippen LogP contribution in [0.5, 0.6) is 23.5 Å². The number of carboxylic acids is 2. The number of pyridine rings is 2. The maximum absolute atomic E-state index is 10.8. The second-order valence-electron chi connectivity index (χ2n) is 13.0. The molecule has 0 saturated carbocycles. The Hall–Kier alpha value is -5.20. The highest BCUT2D eigenvalue weighted by molar-refractivity contribution is 5.75. The Morgan fingerprint density at radius 3 is 1.52 bits per heavy atom. The molecule has 0 spiro atoms. The Morgan fingerprint density at radius 1 is 0.673 bits per heavy atom. The monoisotopic (exact) mass is 710 g/mol. The summed E-state index contributed by atoms with van der Waals surface area (Å²) >= 11 is 0. The minimum atomic E-state index is -0.799. The Morgan fingerprint density at radius 2 is 1.12 bits per heavy atom. The number of aliphatic carboxylic acids is 2. The Kier molecular flexibility index (Phi) is 12.2. The maximum atomic E-state index is 10.8. The van der Waals surface area contributed by atoms with Crippen LogP contribution in [-0.2, 0) is 35.5 Å². The van der Waals surface area contributed by atoms with Crippen molar-refractivity contribution in [3.63, 3.8) is 0 Å². The lowest BCUT2D eigenvalue weighted by atomic mass is 9.91. The first-order valence-corrected chi connectivity index (χ1v) is 17.8. The van der Waals surface area contributed by atoms with E-state index in [4.69, 9.17) is 29.2 Å². The zero-order valence-corrected chi connectivity index (χ0v) is 29.7. The number of nitrogens with zero attached hydrogens (tertiary/aromatic N) is 2. The molecule has 0 radical (unpaired) electrons. The van der Waals surface area contributed by atoms with Gasteiger partial charge in [-0.05, 0) is 97.1 Å². The van der Waals surface area contributed by atoms with Crippen LogP contribution in [0.2, 0.25) is 0 Å². The molecule has 2 heterocycles. The molecule has 0 aliphatic heterocycles. The van der Waals surface area contributed by atoms with Crippen molar-refractivity contribution in [3.05, 3.63) is 94.0 Å². The van der Waals surface area contributed by atoms with Gasteiger partial charge in [0.1, 0.15) is 12.2 Å². The van der Waals surface area contributed by atoms with Crippen molar-refractivity contribution in [2.75, 3.05) is 27.3 Å². The highest BCUT2D eigenvalue weighted by atomic mass is 16.5. The van der Waals surface area contributed by atoms with E-state index in [9.17, 15) is 9.59 Å². The molecule has 0 saturated heterocycles. The highest BCUT2D eigenvalue weighted by Crippen LogP contribution is 2.45. The quantitative estimate of drug-likeness (QED) is 0.0817. The number of benzene rings is 2. The van der Waals surface area contributed by atoms with Gasteiger partial charge >= 0.3 is 11.9 Å². The van der Waals surface area contributed by atoms with Crippen LogP contribution < -0.4 is 29.6 Å². The number of carboxylic acid groups (broad SMARTS) is 2. The molecule has 4 N–H and O–H groups in total. The summed E-state index contributed by atoms with van der Waals surface area (Å²) in [5, 5.41) is 24.2. The Labute approximate surface area is 303 Å². The Balaban J connectivity index is 1.12. The number of carbonyl (C=O) groups is 2. The van der Waals surface area contributed by atoms with Gasteiger partial charge in [-0.15, -0.1) is 0 Å². The molecule has 6 rings (SSSR count). The van der Waals surface area contributed by atoms with Gasteiger partial charge in [0.15, 0.2) is 0 Å². The van der Waals surface area contributed by atoms with Crippen LogP contribution in [0.3, 0.4) is 0 Å². The minimum absolute atomic E-state index is 0.130. The number of methoxy groups -OCH3 is 2. The first-order valence-electron chi connectivity index (χ1n) is 17.8. The molecule has 0 amide bonds. The van der Waals surface area contributed by atoms with Crippen LogP contribution in [0, 0.1) is 0 Å². The van der Waals surface area contributed by atoms with E-state index in [1.807, 2.05) is 24.3 Å². The van der Waals surface area contributed by atoms with Gasteiger partial charge in [0.05, 0.1) is 14.2 Å². The average Bonchev–Trinajstić information content (AvgIpc) is 3.75. The molecule has 52 heavy (non-hydrogen) atoms. The highest BCUT2D eigenvalue weighted by Gasteiger charge is 2.31. The van der Waals surface area contributed by atoms with E-state index in [-0.39, 0.29) is 25.0 Å². The van der Waals surface area contributed by atoms with E-state index in [0.717, 1.165) is 36.8 Å². The zero-order valence-electron chi connectivity index (χ0n) is 29.7. The van der Waals surface area contributed by atoms with Crippen LogP contribution >= 0.6 is 0 Å². The molecular weight excluding hydrogens is 664 g/mol. The van der Waals surface area contributed by atoms with Crippen molar-refractivity contribution in [1.82, 2.24) is 20.6 Å². The molecule has 2 aliphatic rings. The molecule has 2 aliphatic carbocycles. The predicted octanol–water partition coefficient (Wildman–Crippen LogP) is 6.20. The number of rotatable bonds is 19. The van der Waals surface area contributed by atoms with Gasteiger partial charge in [-0.25, -0.2) is 0 Å². The summed E-state index contributed by atoms with van der Waals surface area (Å²) in [5.74, 6) is 0.372. The summed E-state index contributed by atoms with van der Waals surface area (Å²) in [5.41, 5.74) is 9.11. The van der Waals surface area contributed by atoms with Crippen LogP contribution in [-0.4, -0.2) is 59.4 Å². The number of fused-ring (bicyclic) bond motifs is 2. The van der Waals surface area contributed by atoms with Crippen molar-refractivity contribution >= 4 is 11.9 Å². The summed E-state index contributed by atoms with van der Waals surface area (Å²) in [6, 6.07) is 20.5. The zero-order chi connectivity index (χ0) is 36.5. The molecule has 2 atom stereocenters. The molecule has 274 valence electrons. The summed E-state index contributed by atoms with van der Waals surface area (Å²) in [6.45, 7) is 2.22. The number of hydrogen-bond acceptors (Lipinski definition) is 10. The number of nitrogens with one attached hydrogen (secondary N) is 2. The first-order chi connectivity index (χ1) is 25.3. The van der Waals surface area contributed by atoms with Gasteiger partial charge in [0.25, 0.3) is 0 Å². The van der Waals surface area contributed by atoms with E-state index in [1.165, 1.54) is 33.4 Å². The fourth-order valence-electron chi connectivity index (χ4n) is 7.11. The molecule has 0 bridgehead atoms. The van der Waals surface area contributed by atoms with Crippen molar-refractivity contribution < 1.29 is 38.7 Å². The van der Waals surface area contributed by atoms with Crippen molar-refractivity contribution in [2.24, 2.45) is 0 Å². The Bertz CT molecular complexity index is 1750. The summed E-state index contributed by atoms with van der Waals surface area (Å²) < 4.78 is 24.1. The fraction of sp³-hybridized carbons (Fsp3) is 0.400. The lowest BCUT2D eigenvalue weighted by Gasteiger charge is -2.18. The molecule has 2 aromatic heterocycles. The standard InChI is InChI=1S/C40H46N4O8/c1-49-39-25(23-41-21-5-11-37(45)46)13-19-35(43-39)51-33-17-15-29-27(7-3-9-31(29)33)28-8-4-10-32-30(28)16-18-34(32)52-36-20-14-26(40(44-36)50-2)24-42-22-6-12-38(47)48/h3-4,7-10,13-14,19-20,33-34,41-42H,5-6,11-12,15-18,21-24H2,1-2H3,(H,45,46)(H,47,48). The lowest BCUT2D eigenvalue weighted by molar-refractivity contribution is -0.138. The number of aromatic nitrogens is 2. The topological polar surface area (TPSA) is 161 Å². The van der Waals surface area contributed by atoms with E-state index in [1.54, 1.807) is 14.2 Å². The third kappa shape index (κ3) is 8.80. The van der Waals surface area contributed by atoms with Gasteiger partial charge in [-0.3, -0.25) is 9.59 Å². The first kappa shape index (κ1) is 36.6.